The minimum atomic E-state index is -0.951. The Labute approximate surface area is 153 Å². The number of likely N-dealkylation sites (tertiary alicyclic amines) is 1. The van der Waals surface area contributed by atoms with E-state index in [9.17, 15) is 9.59 Å². The second-order valence-corrected chi connectivity index (χ2v) is 6.88. The average Bonchev–Trinajstić information content (AvgIpc) is 2.59. The molecule has 1 aromatic carbocycles. The van der Waals surface area contributed by atoms with Gasteiger partial charge in [0.05, 0.1) is 18.5 Å². The first-order valence-electron chi connectivity index (χ1n) is 8.64. The topological polar surface area (TPSA) is 81.4 Å². The van der Waals surface area contributed by atoms with Crippen molar-refractivity contribution in [1.82, 2.24) is 4.90 Å². The monoisotopic (exact) mass is 362 g/mol. The Bertz CT molecular complexity index is 654. The molecule has 134 valence electrons. The molecule has 6 heteroatoms. The van der Waals surface area contributed by atoms with Crippen molar-refractivity contribution in [3.8, 4) is 6.07 Å². The first-order chi connectivity index (χ1) is 12.0. The number of carboxylic acid groups (broad SMARTS) is 1. The van der Waals surface area contributed by atoms with Gasteiger partial charge in [-0.1, -0.05) is 30.7 Å². The molecule has 0 aliphatic carbocycles. The summed E-state index contributed by atoms with van der Waals surface area (Å²) in [6.45, 7) is 2.00. The summed E-state index contributed by atoms with van der Waals surface area (Å²) in [4.78, 5) is 26.0. The van der Waals surface area contributed by atoms with Crippen molar-refractivity contribution < 1.29 is 14.7 Å². The van der Waals surface area contributed by atoms with Gasteiger partial charge in [0.15, 0.2) is 0 Å². The van der Waals surface area contributed by atoms with Crippen LogP contribution in [0.3, 0.4) is 0 Å². The van der Waals surface area contributed by atoms with Crippen molar-refractivity contribution in [3.63, 3.8) is 0 Å². The minimum Gasteiger partial charge on any atom is -0.481 e. The lowest BCUT2D eigenvalue weighted by Crippen LogP contribution is -2.49. The summed E-state index contributed by atoms with van der Waals surface area (Å²) in [7, 11) is 0. The van der Waals surface area contributed by atoms with Crippen molar-refractivity contribution in [2.24, 2.45) is 5.92 Å². The van der Waals surface area contributed by atoms with E-state index < -0.39 is 11.9 Å². The van der Waals surface area contributed by atoms with Crippen molar-refractivity contribution in [2.45, 2.75) is 57.5 Å². The van der Waals surface area contributed by atoms with Gasteiger partial charge >= 0.3 is 5.97 Å². The van der Waals surface area contributed by atoms with Gasteiger partial charge in [-0.05, 0) is 43.4 Å². The Morgan fingerprint density at radius 3 is 2.64 bits per heavy atom. The molecule has 1 aliphatic rings. The highest BCUT2D eigenvalue weighted by atomic mass is 35.5. The fourth-order valence-electron chi connectivity index (χ4n) is 3.60. The maximum atomic E-state index is 13.0. The summed E-state index contributed by atoms with van der Waals surface area (Å²) in [5.74, 6) is -1.55. The van der Waals surface area contributed by atoms with Crippen LogP contribution in [0.4, 0.5) is 0 Å². The fourth-order valence-corrected chi connectivity index (χ4v) is 3.73. The maximum Gasteiger partial charge on any atom is 0.304 e. The predicted octanol–water partition coefficient (Wildman–Crippen LogP) is 4.18. The Morgan fingerprint density at radius 1 is 1.40 bits per heavy atom. The SMILES string of the molecule is CC[C@@H](CCC#N)N1C(=O)[C@@H](CC(=O)O)CC[C@H]1c1ccc(Cl)cc1. The summed E-state index contributed by atoms with van der Waals surface area (Å²) in [6.07, 6.45) is 2.84. The number of carboxylic acids is 1. The van der Waals surface area contributed by atoms with Crippen LogP contribution in [0.5, 0.6) is 0 Å². The highest BCUT2D eigenvalue weighted by Crippen LogP contribution is 2.38. The van der Waals surface area contributed by atoms with E-state index >= 15 is 0 Å². The molecule has 1 amide bonds. The van der Waals surface area contributed by atoms with Gasteiger partial charge in [0, 0.05) is 23.4 Å². The molecule has 0 aromatic heterocycles. The van der Waals surface area contributed by atoms with Crippen molar-refractivity contribution in [2.75, 3.05) is 0 Å². The van der Waals surface area contributed by atoms with Gasteiger partial charge in [-0.15, -0.1) is 0 Å². The molecular formula is C19H23ClN2O3. The highest BCUT2D eigenvalue weighted by molar-refractivity contribution is 6.30. The third kappa shape index (κ3) is 4.73. The van der Waals surface area contributed by atoms with Crippen LogP contribution in [0.15, 0.2) is 24.3 Å². The maximum absolute atomic E-state index is 13.0. The van der Waals surface area contributed by atoms with Crippen LogP contribution >= 0.6 is 11.6 Å². The molecule has 0 spiro atoms. The van der Waals surface area contributed by atoms with Crippen molar-refractivity contribution in [1.29, 1.82) is 5.26 Å². The second-order valence-electron chi connectivity index (χ2n) is 6.44. The summed E-state index contributed by atoms with van der Waals surface area (Å²) >= 11 is 5.97. The van der Waals surface area contributed by atoms with E-state index in [4.69, 9.17) is 22.0 Å². The smallest absolute Gasteiger partial charge is 0.304 e. The van der Waals surface area contributed by atoms with E-state index in [2.05, 4.69) is 6.07 Å². The Hall–Kier alpha value is -2.06. The van der Waals surface area contributed by atoms with E-state index in [1.165, 1.54) is 0 Å². The van der Waals surface area contributed by atoms with Gasteiger partial charge in [-0.2, -0.15) is 5.26 Å². The predicted molar refractivity (Wildman–Crippen MR) is 94.9 cm³/mol. The van der Waals surface area contributed by atoms with Crippen molar-refractivity contribution in [3.05, 3.63) is 34.9 Å². The molecule has 5 nitrogen and oxygen atoms in total. The summed E-state index contributed by atoms with van der Waals surface area (Å²) in [6, 6.07) is 9.42. The summed E-state index contributed by atoms with van der Waals surface area (Å²) < 4.78 is 0. The molecule has 1 heterocycles. The number of piperidine rings is 1. The molecular weight excluding hydrogens is 340 g/mol. The number of halogens is 1. The quantitative estimate of drug-likeness (QED) is 0.788. The number of amides is 1. The molecule has 0 saturated carbocycles. The molecule has 1 aliphatic heterocycles. The van der Waals surface area contributed by atoms with E-state index in [0.717, 1.165) is 12.0 Å². The number of aliphatic carboxylic acids is 1. The molecule has 25 heavy (non-hydrogen) atoms. The number of carbonyl (C=O) groups excluding carboxylic acids is 1. The molecule has 3 atom stereocenters. The average molecular weight is 363 g/mol. The number of rotatable bonds is 7. The van der Waals surface area contributed by atoms with Gasteiger partial charge in [0.1, 0.15) is 0 Å². The molecule has 0 bridgehead atoms. The van der Waals surface area contributed by atoms with Crippen LogP contribution in [-0.2, 0) is 9.59 Å². The van der Waals surface area contributed by atoms with Gasteiger partial charge in [0.2, 0.25) is 5.91 Å². The summed E-state index contributed by atoms with van der Waals surface area (Å²) in [5.41, 5.74) is 1.00. The standard InChI is InChI=1S/C19H23ClN2O3/c1-2-16(4-3-11-21)22-17(13-5-8-15(20)9-6-13)10-7-14(19(22)25)12-18(23)24/h5-6,8-9,14,16-17H,2-4,7,10,12H2,1H3,(H,23,24)/t14-,16+,17+/m1/s1. The van der Waals surface area contributed by atoms with Gasteiger partial charge in [0.25, 0.3) is 0 Å². The normalized spacial score (nSPS) is 21.6. The van der Waals surface area contributed by atoms with E-state index in [1.54, 1.807) is 12.1 Å². The summed E-state index contributed by atoms with van der Waals surface area (Å²) in [5, 5.41) is 18.6. The molecule has 1 fully saturated rings. The number of carbonyl (C=O) groups is 2. The van der Waals surface area contributed by atoms with E-state index in [1.807, 2.05) is 24.0 Å². The van der Waals surface area contributed by atoms with Crippen molar-refractivity contribution >= 4 is 23.5 Å². The lowest BCUT2D eigenvalue weighted by atomic mass is 9.84. The molecule has 1 aromatic rings. The zero-order chi connectivity index (χ0) is 18.4. The van der Waals surface area contributed by atoms with Crippen LogP contribution in [0.2, 0.25) is 5.02 Å². The molecule has 2 rings (SSSR count). The Balaban J connectivity index is 2.33. The zero-order valence-electron chi connectivity index (χ0n) is 14.3. The Kier molecular flexibility index (Phi) is 6.83. The van der Waals surface area contributed by atoms with E-state index in [0.29, 0.717) is 30.7 Å². The second kappa shape index (κ2) is 8.87. The number of hydrogen-bond acceptors (Lipinski definition) is 3. The van der Waals surface area contributed by atoms with Gasteiger partial charge < -0.3 is 10.0 Å². The molecule has 1 N–H and O–H groups in total. The molecule has 1 saturated heterocycles. The van der Waals surface area contributed by atoms with Crippen LogP contribution in [0.25, 0.3) is 0 Å². The lowest BCUT2D eigenvalue weighted by Gasteiger charge is -2.44. The number of hydrogen-bond donors (Lipinski definition) is 1. The van der Waals surface area contributed by atoms with Gasteiger partial charge in [-0.3, -0.25) is 9.59 Å². The molecule has 0 radical (unpaired) electrons. The number of nitriles is 1. The number of benzene rings is 1. The first kappa shape index (κ1) is 19.3. The third-order valence-corrected chi connectivity index (χ3v) is 5.11. The number of nitrogens with zero attached hydrogens (tertiary/aromatic N) is 2. The first-order valence-corrected chi connectivity index (χ1v) is 9.02. The molecule has 0 unspecified atom stereocenters. The third-order valence-electron chi connectivity index (χ3n) is 4.86. The lowest BCUT2D eigenvalue weighted by molar-refractivity contribution is -0.151. The minimum absolute atomic E-state index is 0.0653. The van der Waals surface area contributed by atoms with Crippen LogP contribution in [0, 0.1) is 17.2 Å². The fraction of sp³-hybridized carbons (Fsp3) is 0.526. The van der Waals surface area contributed by atoms with Crippen LogP contribution < -0.4 is 0 Å². The van der Waals surface area contributed by atoms with E-state index in [-0.39, 0.29) is 24.4 Å². The van der Waals surface area contributed by atoms with Crippen LogP contribution in [-0.4, -0.2) is 27.9 Å². The highest BCUT2D eigenvalue weighted by Gasteiger charge is 2.39. The zero-order valence-corrected chi connectivity index (χ0v) is 15.1. The largest absolute Gasteiger partial charge is 0.481 e. The van der Waals surface area contributed by atoms with Gasteiger partial charge in [-0.25, -0.2) is 0 Å². The van der Waals surface area contributed by atoms with Crippen LogP contribution in [0.1, 0.15) is 57.1 Å². The Morgan fingerprint density at radius 2 is 2.08 bits per heavy atom.